The van der Waals surface area contributed by atoms with Crippen LogP contribution in [0.25, 0.3) is 0 Å². The van der Waals surface area contributed by atoms with Crippen molar-refractivity contribution in [3.05, 3.63) is 50.9 Å². The highest BCUT2D eigenvalue weighted by Gasteiger charge is 2.06. The van der Waals surface area contributed by atoms with Crippen LogP contribution in [0.4, 0.5) is 21.0 Å². The fourth-order valence-electron chi connectivity index (χ4n) is 1.95. The summed E-state index contributed by atoms with van der Waals surface area (Å²) < 4.78 is 16.3. The molecule has 0 aliphatic heterocycles. The lowest BCUT2D eigenvalue weighted by molar-refractivity contribution is 0.130. The van der Waals surface area contributed by atoms with Crippen LogP contribution < -0.4 is 15.8 Å². The zero-order valence-electron chi connectivity index (χ0n) is 18.9. The van der Waals surface area contributed by atoms with E-state index in [4.69, 9.17) is 26.8 Å². The maximum Gasteiger partial charge on any atom is 0.411 e. The molecule has 0 unspecified atom stereocenters. The molecule has 0 spiro atoms. The van der Waals surface area contributed by atoms with Crippen molar-refractivity contribution >= 4 is 66.4 Å². The first-order valence-corrected chi connectivity index (χ1v) is 11.5. The molecule has 3 N–H and O–H groups in total. The minimum Gasteiger partial charge on any atom is -0.495 e. The average Bonchev–Trinajstić information content (AvgIpc) is 2.66. The maximum atomic E-state index is 11.3. The van der Waals surface area contributed by atoms with E-state index in [9.17, 15) is 9.59 Å². The number of carbonyl (C=O) groups excluding carboxylic acids is 2. The summed E-state index contributed by atoms with van der Waals surface area (Å²) in [4.78, 5) is 21.1. The highest BCUT2D eigenvalue weighted by molar-refractivity contribution is 9.10. The molecule has 2 rings (SSSR count). The standard InChI is InChI=1S/C11H14BrNO2.C7H8BrNO.C4H7ClO2/c1-7(2)15-11(14)13-9-4-5-10(12)8(3)6-9;1-10-7-4-5(9)2-3-6(7)8;1-3(2)7-4(5)6/h4-7H,1-3H3,(H,13,14);2-4H,9H2,1H3;3H,1-2H3. The molecule has 178 valence electrons. The van der Waals surface area contributed by atoms with Gasteiger partial charge in [0.25, 0.3) is 0 Å². The smallest absolute Gasteiger partial charge is 0.411 e. The van der Waals surface area contributed by atoms with Crippen LogP contribution in [0.2, 0.25) is 0 Å². The van der Waals surface area contributed by atoms with E-state index < -0.39 is 11.5 Å². The fourth-order valence-corrected chi connectivity index (χ4v) is 2.78. The minimum absolute atomic E-state index is 0.106. The molecule has 7 nitrogen and oxygen atoms in total. The molecule has 0 bridgehead atoms. The molecule has 2 aromatic carbocycles. The van der Waals surface area contributed by atoms with Crippen LogP contribution in [0.15, 0.2) is 45.3 Å². The first kappa shape index (κ1) is 30.0. The lowest BCUT2D eigenvalue weighted by Gasteiger charge is -2.10. The van der Waals surface area contributed by atoms with E-state index in [2.05, 4.69) is 41.9 Å². The number of hydrogen-bond donors (Lipinski definition) is 2. The molecule has 10 heteroatoms. The van der Waals surface area contributed by atoms with E-state index in [1.807, 2.05) is 51.1 Å². The molecule has 0 aliphatic carbocycles. The second-order valence-electron chi connectivity index (χ2n) is 6.84. The number of nitrogens with two attached hydrogens (primary N) is 1. The number of methoxy groups -OCH3 is 1. The number of aryl methyl sites for hydroxylation is 1. The average molecular weight is 597 g/mol. The van der Waals surface area contributed by atoms with Crippen LogP contribution in [0.1, 0.15) is 33.3 Å². The Morgan fingerprint density at radius 1 is 0.969 bits per heavy atom. The van der Waals surface area contributed by atoms with Crippen LogP contribution in [0.5, 0.6) is 5.75 Å². The van der Waals surface area contributed by atoms with Crippen LogP contribution >= 0.6 is 43.5 Å². The number of hydrogen-bond acceptors (Lipinski definition) is 6. The Bertz CT molecular complexity index is 879. The number of rotatable bonds is 4. The summed E-state index contributed by atoms with van der Waals surface area (Å²) in [5.41, 5.74) is 7.27. The van der Waals surface area contributed by atoms with E-state index in [1.54, 1.807) is 27.0 Å². The van der Waals surface area contributed by atoms with E-state index in [0.29, 0.717) is 5.69 Å². The van der Waals surface area contributed by atoms with E-state index in [1.165, 1.54) is 0 Å². The molecule has 0 heterocycles. The Kier molecular flexibility index (Phi) is 14.8. The second-order valence-corrected chi connectivity index (χ2v) is 8.86. The number of benzene rings is 2. The summed E-state index contributed by atoms with van der Waals surface area (Å²) in [6.45, 7) is 9.06. The lowest BCUT2D eigenvalue weighted by atomic mass is 10.2. The SMILES string of the molecule is CC(C)OC(=O)Cl.COc1cc(N)ccc1Br.Cc1cc(NC(=O)OC(C)C)ccc1Br. The molecule has 2 aromatic rings. The van der Waals surface area contributed by atoms with Gasteiger partial charge in [-0.05, 0) is 86.4 Å². The molecular formula is C22H29Br2ClN2O5. The lowest BCUT2D eigenvalue weighted by Crippen LogP contribution is -2.17. The first-order chi connectivity index (χ1) is 14.8. The van der Waals surface area contributed by atoms with Gasteiger partial charge in [-0.2, -0.15) is 0 Å². The minimum atomic E-state index is -0.741. The van der Waals surface area contributed by atoms with Gasteiger partial charge in [0, 0.05) is 33.5 Å². The van der Waals surface area contributed by atoms with Gasteiger partial charge in [0.1, 0.15) is 5.75 Å². The van der Waals surface area contributed by atoms with Crippen LogP contribution in [0.3, 0.4) is 0 Å². The zero-order valence-corrected chi connectivity index (χ0v) is 22.8. The van der Waals surface area contributed by atoms with Crippen molar-refractivity contribution in [2.45, 2.75) is 46.8 Å². The normalized spacial score (nSPS) is 9.72. The summed E-state index contributed by atoms with van der Waals surface area (Å²) in [6, 6.07) is 11.0. The van der Waals surface area contributed by atoms with Gasteiger partial charge in [-0.15, -0.1) is 0 Å². The van der Waals surface area contributed by atoms with Gasteiger partial charge in [0.05, 0.1) is 23.8 Å². The third-order valence-corrected chi connectivity index (χ3v) is 4.88. The van der Waals surface area contributed by atoms with Crippen molar-refractivity contribution in [2.75, 3.05) is 18.2 Å². The fraction of sp³-hybridized carbons (Fsp3) is 0.364. The molecule has 1 amide bonds. The predicted octanol–water partition coefficient (Wildman–Crippen LogP) is 7.52. The van der Waals surface area contributed by atoms with Gasteiger partial charge in [0.15, 0.2) is 0 Å². The number of ether oxygens (including phenoxy) is 3. The molecule has 0 aliphatic rings. The Labute approximate surface area is 211 Å². The van der Waals surface area contributed by atoms with Gasteiger partial charge in [-0.1, -0.05) is 15.9 Å². The maximum absolute atomic E-state index is 11.3. The topological polar surface area (TPSA) is 99.9 Å². The van der Waals surface area contributed by atoms with Crippen LogP contribution in [-0.2, 0) is 9.47 Å². The van der Waals surface area contributed by atoms with E-state index in [-0.39, 0.29) is 12.2 Å². The third-order valence-electron chi connectivity index (χ3n) is 3.25. The number of anilines is 2. The molecule has 0 saturated carbocycles. The Morgan fingerprint density at radius 3 is 1.94 bits per heavy atom. The largest absolute Gasteiger partial charge is 0.495 e. The number of nitrogen functional groups attached to an aromatic ring is 1. The zero-order chi connectivity index (χ0) is 24.8. The summed E-state index contributed by atoms with van der Waals surface area (Å²) in [6.07, 6.45) is -0.640. The van der Waals surface area contributed by atoms with Crippen molar-refractivity contribution in [1.82, 2.24) is 0 Å². The predicted molar refractivity (Wildman–Crippen MR) is 137 cm³/mol. The number of nitrogens with one attached hydrogen (secondary N) is 1. The number of halogens is 3. The first-order valence-electron chi connectivity index (χ1n) is 9.54. The third kappa shape index (κ3) is 14.2. The molecule has 0 fully saturated rings. The Morgan fingerprint density at radius 2 is 1.53 bits per heavy atom. The molecule has 0 radical (unpaired) electrons. The number of amides is 1. The van der Waals surface area contributed by atoms with E-state index in [0.717, 1.165) is 25.9 Å². The molecule has 0 atom stereocenters. The molecular weight excluding hydrogens is 568 g/mol. The van der Waals surface area contributed by atoms with Gasteiger partial charge in [-0.3, -0.25) is 5.32 Å². The highest BCUT2D eigenvalue weighted by atomic mass is 79.9. The summed E-state index contributed by atoms with van der Waals surface area (Å²) in [5.74, 6) is 0.764. The van der Waals surface area contributed by atoms with Gasteiger partial charge in [0.2, 0.25) is 0 Å². The van der Waals surface area contributed by atoms with Gasteiger partial charge < -0.3 is 19.9 Å². The number of carbonyl (C=O) groups is 2. The van der Waals surface area contributed by atoms with Crippen LogP contribution in [0, 0.1) is 6.92 Å². The monoisotopic (exact) mass is 594 g/mol. The molecule has 0 saturated heterocycles. The Balaban J connectivity index is 0.000000489. The van der Waals surface area contributed by atoms with E-state index >= 15 is 0 Å². The van der Waals surface area contributed by atoms with Crippen molar-refractivity contribution in [1.29, 1.82) is 0 Å². The Hall–Kier alpha value is -1.97. The van der Waals surface area contributed by atoms with Gasteiger partial charge in [-0.25, -0.2) is 9.59 Å². The quantitative estimate of drug-likeness (QED) is 0.280. The summed E-state index contributed by atoms with van der Waals surface area (Å²) >= 11 is 11.5. The van der Waals surface area contributed by atoms with Gasteiger partial charge >= 0.3 is 11.5 Å². The highest BCUT2D eigenvalue weighted by Crippen LogP contribution is 2.26. The second kappa shape index (κ2) is 15.8. The van der Waals surface area contributed by atoms with Crippen molar-refractivity contribution in [2.24, 2.45) is 0 Å². The molecule has 0 aromatic heterocycles. The van der Waals surface area contributed by atoms with Crippen molar-refractivity contribution < 1.29 is 23.8 Å². The van der Waals surface area contributed by atoms with Crippen LogP contribution in [-0.4, -0.2) is 30.8 Å². The summed E-state index contributed by atoms with van der Waals surface area (Å²) in [7, 11) is 1.61. The summed E-state index contributed by atoms with van der Waals surface area (Å²) in [5, 5.41) is 2.66. The van der Waals surface area contributed by atoms with Crippen molar-refractivity contribution in [3.63, 3.8) is 0 Å². The molecule has 32 heavy (non-hydrogen) atoms. The van der Waals surface area contributed by atoms with Crippen molar-refractivity contribution in [3.8, 4) is 5.75 Å².